The maximum Gasteiger partial charge on any atom is 0.122 e. The first-order valence-electron chi connectivity index (χ1n) is 8.59. The molecule has 3 aliphatic rings. The van der Waals surface area contributed by atoms with Crippen molar-refractivity contribution in [1.29, 1.82) is 0 Å². The van der Waals surface area contributed by atoms with Crippen LogP contribution < -0.4 is 4.74 Å². The first-order chi connectivity index (χ1) is 10.4. The molecular formula is C18H26N2O. The lowest BCUT2D eigenvalue weighted by atomic mass is 10.0. The lowest BCUT2D eigenvalue weighted by Gasteiger charge is -2.37. The maximum atomic E-state index is 5.61. The van der Waals surface area contributed by atoms with Crippen LogP contribution in [0.15, 0.2) is 18.2 Å². The standard InChI is InChI=1S/C18H26N2O/c1-2-10-20(9-1)17-4-3-8-19(14-17)13-15-5-6-18-16(12-15)7-11-21-18/h5-6,12,17H,1-4,7-11,13-14H2. The normalized spacial score (nSPS) is 26.8. The molecule has 1 aromatic rings. The molecule has 0 amide bonds. The van der Waals surface area contributed by atoms with Crippen molar-refractivity contribution in [2.75, 3.05) is 32.8 Å². The van der Waals surface area contributed by atoms with Gasteiger partial charge in [-0.2, -0.15) is 0 Å². The fourth-order valence-electron chi connectivity index (χ4n) is 4.18. The van der Waals surface area contributed by atoms with Gasteiger partial charge in [-0.15, -0.1) is 0 Å². The molecule has 3 nitrogen and oxygen atoms in total. The summed E-state index contributed by atoms with van der Waals surface area (Å²) in [7, 11) is 0. The minimum atomic E-state index is 0.805. The van der Waals surface area contributed by atoms with Gasteiger partial charge in [-0.25, -0.2) is 0 Å². The molecule has 3 heteroatoms. The van der Waals surface area contributed by atoms with E-state index < -0.39 is 0 Å². The third kappa shape index (κ3) is 2.95. The Morgan fingerprint density at radius 2 is 2.00 bits per heavy atom. The molecule has 3 aliphatic heterocycles. The minimum Gasteiger partial charge on any atom is -0.493 e. The Labute approximate surface area is 127 Å². The van der Waals surface area contributed by atoms with Gasteiger partial charge < -0.3 is 4.74 Å². The molecule has 2 saturated heterocycles. The molecule has 0 aromatic heterocycles. The van der Waals surface area contributed by atoms with E-state index in [0.29, 0.717) is 0 Å². The molecule has 1 unspecified atom stereocenters. The van der Waals surface area contributed by atoms with Crippen molar-refractivity contribution in [1.82, 2.24) is 9.80 Å². The molecule has 0 bridgehead atoms. The molecule has 0 N–H and O–H groups in total. The summed E-state index contributed by atoms with van der Waals surface area (Å²) >= 11 is 0. The number of likely N-dealkylation sites (tertiary alicyclic amines) is 2. The highest BCUT2D eigenvalue weighted by Gasteiger charge is 2.27. The topological polar surface area (TPSA) is 15.7 Å². The third-order valence-corrected chi connectivity index (χ3v) is 5.30. The van der Waals surface area contributed by atoms with Crippen molar-refractivity contribution in [3.63, 3.8) is 0 Å². The number of hydrogen-bond donors (Lipinski definition) is 0. The highest BCUT2D eigenvalue weighted by molar-refractivity contribution is 5.39. The molecule has 114 valence electrons. The van der Waals surface area contributed by atoms with Crippen LogP contribution in [0.4, 0.5) is 0 Å². The summed E-state index contributed by atoms with van der Waals surface area (Å²) in [6.07, 6.45) is 6.64. The lowest BCUT2D eigenvalue weighted by Crippen LogP contribution is -2.46. The zero-order valence-corrected chi connectivity index (χ0v) is 12.9. The summed E-state index contributed by atoms with van der Waals surface area (Å²) in [6, 6.07) is 7.59. The van der Waals surface area contributed by atoms with Gasteiger partial charge in [0.1, 0.15) is 5.75 Å². The number of piperidine rings is 1. The number of hydrogen-bond acceptors (Lipinski definition) is 3. The monoisotopic (exact) mass is 286 g/mol. The highest BCUT2D eigenvalue weighted by Crippen LogP contribution is 2.27. The zero-order valence-electron chi connectivity index (χ0n) is 12.9. The summed E-state index contributed by atoms with van der Waals surface area (Å²) in [5.41, 5.74) is 2.86. The van der Waals surface area contributed by atoms with E-state index in [1.807, 2.05) is 0 Å². The second kappa shape index (κ2) is 5.98. The van der Waals surface area contributed by atoms with E-state index in [2.05, 4.69) is 28.0 Å². The van der Waals surface area contributed by atoms with Crippen LogP contribution in [-0.2, 0) is 13.0 Å². The Kier molecular flexibility index (Phi) is 3.87. The number of ether oxygens (including phenoxy) is 1. The Balaban J connectivity index is 1.39. The summed E-state index contributed by atoms with van der Waals surface area (Å²) < 4.78 is 5.61. The van der Waals surface area contributed by atoms with Crippen LogP contribution in [0.3, 0.4) is 0 Å². The third-order valence-electron chi connectivity index (χ3n) is 5.30. The van der Waals surface area contributed by atoms with E-state index in [1.54, 1.807) is 0 Å². The Morgan fingerprint density at radius 3 is 2.90 bits per heavy atom. The zero-order chi connectivity index (χ0) is 14.1. The molecule has 1 aromatic carbocycles. The van der Waals surface area contributed by atoms with Crippen molar-refractivity contribution in [2.45, 2.75) is 44.7 Å². The van der Waals surface area contributed by atoms with Crippen molar-refractivity contribution >= 4 is 0 Å². The van der Waals surface area contributed by atoms with Gasteiger partial charge in [0.05, 0.1) is 6.61 Å². The van der Waals surface area contributed by atoms with E-state index in [4.69, 9.17) is 4.74 Å². The minimum absolute atomic E-state index is 0.805. The largest absolute Gasteiger partial charge is 0.493 e. The molecule has 0 saturated carbocycles. The Morgan fingerprint density at radius 1 is 1.10 bits per heavy atom. The van der Waals surface area contributed by atoms with Crippen LogP contribution in [-0.4, -0.2) is 48.6 Å². The average Bonchev–Trinajstić information content (AvgIpc) is 3.18. The molecular weight excluding hydrogens is 260 g/mol. The van der Waals surface area contributed by atoms with Crippen LogP contribution in [0.5, 0.6) is 5.75 Å². The smallest absolute Gasteiger partial charge is 0.122 e. The lowest BCUT2D eigenvalue weighted by molar-refractivity contribution is 0.110. The predicted molar refractivity (Wildman–Crippen MR) is 84.7 cm³/mol. The number of rotatable bonds is 3. The van der Waals surface area contributed by atoms with Crippen LogP contribution in [0.1, 0.15) is 36.8 Å². The second-order valence-electron chi connectivity index (χ2n) is 6.81. The van der Waals surface area contributed by atoms with E-state index >= 15 is 0 Å². The van der Waals surface area contributed by atoms with Crippen LogP contribution in [0, 0.1) is 0 Å². The fraction of sp³-hybridized carbons (Fsp3) is 0.667. The first kappa shape index (κ1) is 13.6. The Hall–Kier alpha value is -1.06. The van der Waals surface area contributed by atoms with Crippen molar-refractivity contribution in [2.24, 2.45) is 0 Å². The molecule has 0 spiro atoms. The van der Waals surface area contributed by atoms with E-state index in [1.165, 1.54) is 63.0 Å². The van der Waals surface area contributed by atoms with Gasteiger partial charge in [-0.1, -0.05) is 12.1 Å². The van der Waals surface area contributed by atoms with E-state index in [-0.39, 0.29) is 0 Å². The molecule has 2 fully saturated rings. The van der Waals surface area contributed by atoms with Gasteiger partial charge in [-0.05, 0) is 62.5 Å². The summed E-state index contributed by atoms with van der Waals surface area (Å²) in [5.74, 6) is 1.10. The summed E-state index contributed by atoms with van der Waals surface area (Å²) in [5, 5.41) is 0. The van der Waals surface area contributed by atoms with Gasteiger partial charge >= 0.3 is 0 Å². The average molecular weight is 286 g/mol. The molecule has 0 radical (unpaired) electrons. The van der Waals surface area contributed by atoms with Crippen LogP contribution in [0.2, 0.25) is 0 Å². The maximum absolute atomic E-state index is 5.61. The van der Waals surface area contributed by atoms with E-state index in [0.717, 1.165) is 31.4 Å². The Bertz CT molecular complexity index is 496. The fourth-order valence-corrected chi connectivity index (χ4v) is 4.18. The second-order valence-corrected chi connectivity index (χ2v) is 6.81. The van der Waals surface area contributed by atoms with Gasteiger partial charge in [-0.3, -0.25) is 9.80 Å². The number of benzene rings is 1. The molecule has 4 rings (SSSR count). The van der Waals surface area contributed by atoms with E-state index in [9.17, 15) is 0 Å². The molecule has 3 heterocycles. The SMILES string of the molecule is c1cc2c(cc1CN1CCCC(N3CCCC3)C1)CCO2. The van der Waals surface area contributed by atoms with Crippen molar-refractivity contribution < 1.29 is 4.74 Å². The van der Waals surface area contributed by atoms with Gasteiger partial charge in [0.25, 0.3) is 0 Å². The first-order valence-corrected chi connectivity index (χ1v) is 8.59. The van der Waals surface area contributed by atoms with Gasteiger partial charge in [0.2, 0.25) is 0 Å². The molecule has 0 aliphatic carbocycles. The highest BCUT2D eigenvalue weighted by atomic mass is 16.5. The summed E-state index contributed by atoms with van der Waals surface area (Å²) in [4.78, 5) is 5.38. The quantitative estimate of drug-likeness (QED) is 0.849. The van der Waals surface area contributed by atoms with Crippen LogP contribution >= 0.6 is 0 Å². The number of fused-ring (bicyclic) bond motifs is 1. The molecule has 21 heavy (non-hydrogen) atoms. The number of nitrogens with zero attached hydrogens (tertiary/aromatic N) is 2. The molecule has 1 atom stereocenters. The van der Waals surface area contributed by atoms with Crippen molar-refractivity contribution in [3.05, 3.63) is 29.3 Å². The van der Waals surface area contributed by atoms with Crippen molar-refractivity contribution in [3.8, 4) is 5.75 Å². The van der Waals surface area contributed by atoms with Gasteiger partial charge in [0.15, 0.2) is 0 Å². The summed E-state index contributed by atoms with van der Waals surface area (Å²) in [6.45, 7) is 7.14. The van der Waals surface area contributed by atoms with Crippen LogP contribution in [0.25, 0.3) is 0 Å². The predicted octanol–water partition coefficient (Wildman–Crippen LogP) is 2.68. The van der Waals surface area contributed by atoms with Gasteiger partial charge in [0, 0.05) is 25.6 Å².